The molecule has 1 unspecified atom stereocenters. The summed E-state index contributed by atoms with van der Waals surface area (Å²) in [6.45, 7) is 4.92. The highest BCUT2D eigenvalue weighted by molar-refractivity contribution is 7.85. The molecule has 0 N–H and O–H groups in total. The summed E-state index contributed by atoms with van der Waals surface area (Å²) in [7, 11) is -5.23. The van der Waals surface area contributed by atoms with E-state index in [1.807, 2.05) is 36.4 Å². The Kier molecular flexibility index (Phi) is 4.34. The largest absolute Gasteiger partial charge is 0.309 e. The minimum Gasteiger partial charge on any atom is -0.309 e. The van der Waals surface area contributed by atoms with Crippen molar-refractivity contribution in [2.75, 3.05) is 0 Å². The van der Waals surface area contributed by atoms with E-state index < -0.39 is 15.2 Å². The van der Waals surface area contributed by atoms with Crippen molar-refractivity contribution in [3.8, 4) is 0 Å². The summed E-state index contributed by atoms with van der Waals surface area (Å²) < 4.78 is 15.7. The fourth-order valence-electron chi connectivity index (χ4n) is 6.34. The number of benzene rings is 5. The van der Waals surface area contributed by atoms with Crippen molar-refractivity contribution >= 4 is 57.9 Å². The Balaban J connectivity index is 1.76. The molecule has 2 aliphatic rings. The molecule has 5 aromatic rings. The highest BCUT2D eigenvalue weighted by Gasteiger charge is 2.47. The number of rotatable bonds is 1. The van der Waals surface area contributed by atoms with Gasteiger partial charge in [-0.1, -0.05) is 122 Å². The van der Waals surface area contributed by atoms with E-state index in [9.17, 15) is 0 Å². The first kappa shape index (κ1) is 20.9. The van der Waals surface area contributed by atoms with Gasteiger partial charge < -0.3 is 4.57 Å². The van der Waals surface area contributed by atoms with E-state index in [1.54, 1.807) is 0 Å². The molecule has 0 aliphatic carbocycles. The van der Waals surface area contributed by atoms with Crippen LogP contribution >= 0.6 is 7.14 Å². The third-order valence-electron chi connectivity index (χ3n) is 7.87. The van der Waals surface area contributed by atoms with Crippen LogP contribution in [0.25, 0.3) is 21.5 Å². The standard InChI is InChI=1S/C32H25OPSi/c1-35(2)29-19-11-9-17-26(29)30-25-16-8-10-18-27(25)34(33,23-13-4-3-5-14-23)28-21-20-22-12-6-7-15-24(22)31(28)32(30)35/h3-21H,1-2H3. The Morgan fingerprint density at radius 3 is 2.09 bits per heavy atom. The van der Waals surface area contributed by atoms with Crippen LogP contribution in [0.2, 0.25) is 13.1 Å². The molecule has 0 aromatic heterocycles. The third kappa shape index (κ3) is 2.67. The fraction of sp³-hybridized carbons (Fsp3) is 0.0625. The second kappa shape index (κ2) is 7.27. The van der Waals surface area contributed by atoms with Crippen LogP contribution < -0.4 is 21.1 Å². The zero-order valence-corrected chi connectivity index (χ0v) is 21.7. The summed E-state index contributed by atoms with van der Waals surface area (Å²) in [6, 6.07) is 40.4. The van der Waals surface area contributed by atoms with Gasteiger partial charge in [-0.2, -0.15) is 0 Å². The second-order valence-electron chi connectivity index (χ2n) is 10.1. The van der Waals surface area contributed by atoms with Gasteiger partial charge in [0.15, 0.2) is 7.14 Å². The molecule has 168 valence electrons. The van der Waals surface area contributed by atoms with Gasteiger partial charge in [0, 0.05) is 15.9 Å². The molecular weight excluding hydrogens is 459 g/mol. The van der Waals surface area contributed by atoms with Crippen molar-refractivity contribution in [2.24, 2.45) is 0 Å². The Bertz CT molecular complexity index is 1750. The highest BCUT2D eigenvalue weighted by Crippen LogP contribution is 2.54. The van der Waals surface area contributed by atoms with Gasteiger partial charge in [0.1, 0.15) is 8.07 Å². The van der Waals surface area contributed by atoms with Crippen LogP contribution in [-0.4, -0.2) is 8.07 Å². The van der Waals surface area contributed by atoms with Crippen LogP contribution in [0.5, 0.6) is 0 Å². The molecule has 0 bridgehead atoms. The fourth-order valence-corrected chi connectivity index (χ4v) is 13.0. The molecule has 0 spiro atoms. The van der Waals surface area contributed by atoms with Crippen LogP contribution in [-0.2, 0) is 4.57 Å². The summed E-state index contributed by atoms with van der Waals surface area (Å²) in [5.41, 5.74) is 4.93. The summed E-state index contributed by atoms with van der Waals surface area (Å²) in [5.74, 6) is 0. The van der Waals surface area contributed by atoms with Crippen LogP contribution in [0.1, 0.15) is 16.7 Å². The Labute approximate surface area is 207 Å². The lowest BCUT2D eigenvalue weighted by atomic mass is 9.94. The van der Waals surface area contributed by atoms with Crippen LogP contribution in [0.4, 0.5) is 0 Å². The van der Waals surface area contributed by atoms with E-state index in [4.69, 9.17) is 0 Å². The third-order valence-corrected chi connectivity index (χ3v) is 14.6. The summed E-state index contributed by atoms with van der Waals surface area (Å²) in [6.07, 6.45) is 0. The molecule has 0 saturated heterocycles. The molecule has 35 heavy (non-hydrogen) atoms. The lowest BCUT2D eigenvalue weighted by Gasteiger charge is -2.28. The molecule has 7 rings (SSSR count). The average molecular weight is 485 g/mol. The molecule has 1 atom stereocenters. The normalized spacial score (nSPS) is 19.5. The molecule has 3 heteroatoms. The molecule has 1 nitrogen and oxygen atoms in total. The summed E-state index contributed by atoms with van der Waals surface area (Å²) in [5, 5.41) is 8.13. The molecule has 0 saturated carbocycles. The first-order valence-corrected chi connectivity index (χ1v) is 16.9. The Morgan fingerprint density at radius 1 is 0.600 bits per heavy atom. The van der Waals surface area contributed by atoms with Crippen LogP contribution in [0, 0.1) is 0 Å². The average Bonchev–Trinajstić information content (AvgIpc) is 3.08. The van der Waals surface area contributed by atoms with E-state index in [1.165, 1.54) is 37.9 Å². The molecule has 2 heterocycles. The summed E-state index contributed by atoms with van der Waals surface area (Å²) in [4.78, 5) is 0. The van der Waals surface area contributed by atoms with E-state index in [-0.39, 0.29) is 0 Å². The maximum atomic E-state index is 15.7. The lowest BCUT2D eigenvalue weighted by molar-refractivity contribution is 0.592. The maximum Gasteiger partial charge on any atom is 0.172 e. The maximum absolute atomic E-state index is 15.7. The summed E-state index contributed by atoms with van der Waals surface area (Å²) >= 11 is 0. The van der Waals surface area contributed by atoms with Gasteiger partial charge in [-0.3, -0.25) is 0 Å². The first-order chi connectivity index (χ1) is 17.0. The van der Waals surface area contributed by atoms with Gasteiger partial charge >= 0.3 is 0 Å². The van der Waals surface area contributed by atoms with E-state index in [0.717, 1.165) is 21.5 Å². The predicted molar refractivity (Wildman–Crippen MR) is 153 cm³/mol. The minimum absolute atomic E-state index is 0.901. The molecule has 0 radical (unpaired) electrons. The predicted octanol–water partition coefficient (Wildman–Crippen LogP) is 6.22. The quantitative estimate of drug-likeness (QED) is 0.204. The second-order valence-corrected chi connectivity index (χ2v) is 17.1. The lowest BCUT2D eigenvalue weighted by Crippen LogP contribution is -2.42. The van der Waals surface area contributed by atoms with Crippen molar-refractivity contribution in [2.45, 2.75) is 13.1 Å². The molecule has 0 amide bonds. The smallest absolute Gasteiger partial charge is 0.172 e. The first-order valence-electron chi connectivity index (χ1n) is 12.2. The van der Waals surface area contributed by atoms with Crippen molar-refractivity contribution in [3.63, 3.8) is 0 Å². The van der Waals surface area contributed by atoms with Crippen LogP contribution in [0.3, 0.4) is 0 Å². The molecular formula is C32H25OPSi. The number of hydrogen-bond acceptors (Lipinski definition) is 1. The van der Waals surface area contributed by atoms with Gasteiger partial charge in [-0.05, 0) is 49.5 Å². The topological polar surface area (TPSA) is 17.1 Å². The van der Waals surface area contributed by atoms with E-state index in [0.29, 0.717) is 0 Å². The molecule has 0 fully saturated rings. The van der Waals surface area contributed by atoms with E-state index in [2.05, 4.69) is 92.0 Å². The van der Waals surface area contributed by atoms with Crippen molar-refractivity contribution in [1.82, 2.24) is 0 Å². The Morgan fingerprint density at radius 2 is 1.26 bits per heavy atom. The van der Waals surface area contributed by atoms with Crippen molar-refractivity contribution in [3.05, 3.63) is 132 Å². The zero-order chi connectivity index (χ0) is 23.8. The monoisotopic (exact) mass is 484 g/mol. The molecule has 5 aromatic carbocycles. The SMILES string of the molecule is C[Si]1(C)C2=C(c3ccccc31)c1ccccc1P(=O)(c1ccccc1)c1ccc3ccccc3c12. The van der Waals surface area contributed by atoms with Crippen LogP contribution in [0.15, 0.2) is 115 Å². The van der Waals surface area contributed by atoms with Crippen molar-refractivity contribution in [1.29, 1.82) is 0 Å². The van der Waals surface area contributed by atoms with Gasteiger partial charge in [0.05, 0.1) is 0 Å². The zero-order valence-electron chi connectivity index (χ0n) is 19.8. The minimum atomic E-state index is -3.14. The van der Waals surface area contributed by atoms with E-state index >= 15 is 4.57 Å². The van der Waals surface area contributed by atoms with Gasteiger partial charge in [0.25, 0.3) is 0 Å². The molecule has 2 aliphatic heterocycles. The number of fused-ring (bicyclic) bond motifs is 8. The van der Waals surface area contributed by atoms with Gasteiger partial charge in [-0.15, -0.1) is 0 Å². The highest BCUT2D eigenvalue weighted by atomic mass is 31.2. The van der Waals surface area contributed by atoms with Gasteiger partial charge in [0.2, 0.25) is 0 Å². The van der Waals surface area contributed by atoms with Crippen molar-refractivity contribution < 1.29 is 4.57 Å². The number of hydrogen-bond donors (Lipinski definition) is 0. The Hall–Kier alpha value is -3.45. The van der Waals surface area contributed by atoms with Gasteiger partial charge in [-0.25, -0.2) is 0 Å².